The first kappa shape index (κ1) is 19.4. The molecule has 2 aliphatic heterocycles. The van der Waals surface area contributed by atoms with Crippen LogP contribution in [0.3, 0.4) is 0 Å². The Kier molecular flexibility index (Phi) is 5.17. The van der Waals surface area contributed by atoms with Crippen LogP contribution in [0.25, 0.3) is 0 Å². The second-order valence-electron chi connectivity index (χ2n) is 6.68. The van der Waals surface area contributed by atoms with E-state index in [4.69, 9.17) is 11.6 Å². The number of halogens is 1. The third kappa shape index (κ3) is 3.43. The van der Waals surface area contributed by atoms with Crippen LogP contribution in [0.2, 0.25) is 4.34 Å². The van der Waals surface area contributed by atoms with Crippen LogP contribution in [0.1, 0.15) is 19.3 Å². The van der Waals surface area contributed by atoms with Crippen molar-refractivity contribution in [1.82, 2.24) is 4.31 Å². The molecule has 1 fully saturated rings. The number of fused-ring (bicyclic) bond motifs is 1. The zero-order valence-corrected chi connectivity index (χ0v) is 17.2. The summed E-state index contributed by atoms with van der Waals surface area (Å²) in [6.07, 6.45) is 1.84. The molecule has 7 nitrogen and oxygen atoms in total. The van der Waals surface area contributed by atoms with Crippen LogP contribution in [-0.2, 0) is 19.6 Å². The van der Waals surface area contributed by atoms with E-state index in [1.165, 1.54) is 21.3 Å². The number of hydrogen-bond donors (Lipinski definition) is 1. The largest absolute Gasteiger partial charge is 0.323 e. The molecule has 3 heterocycles. The quantitative estimate of drug-likeness (QED) is 0.796. The van der Waals surface area contributed by atoms with Gasteiger partial charge in [-0.3, -0.25) is 14.5 Å². The van der Waals surface area contributed by atoms with E-state index in [9.17, 15) is 18.0 Å². The highest BCUT2D eigenvalue weighted by atomic mass is 35.5. The maximum atomic E-state index is 13.4. The molecule has 1 aromatic heterocycles. The van der Waals surface area contributed by atoms with E-state index >= 15 is 0 Å². The van der Waals surface area contributed by atoms with Crippen molar-refractivity contribution in [3.8, 4) is 0 Å². The smallest absolute Gasteiger partial charge is 0.253 e. The molecule has 4 rings (SSSR count). The van der Waals surface area contributed by atoms with Gasteiger partial charge in [-0.15, -0.1) is 11.3 Å². The summed E-state index contributed by atoms with van der Waals surface area (Å²) < 4.78 is 28.0. The molecule has 1 N–H and O–H groups in total. The molecule has 10 heteroatoms. The zero-order valence-electron chi connectivity index (χ0n) is 14.8. The Hall–Kier alpha value is -1.94. The molecule has 0 aliphatic carbocycles. The predicted octanol–water partition coefficient (Wildman–Crippen LogP) is 2.93. The van der Waals surface area contributed by atoms with Crippen LogP contribution in [0.15, 0.2) is 40.6 Å². The van der Waals surface area contributed by atoms with Crippen LogP contribution in [0.5, 0.6) is 0 Å². The lowest BCUT2D eigenvalue weighted by molar-refractivity contribution is -0.125. The van der Waals surface area contributed by atoms with Crippen LogP contribution in [0, 0.1) is 0 Å². The number of hydrogen-bond acceptors (Lipinski definition) is 5. The van der Waals surface area contributed by atoms with E-state index in [2.05, 4.69) is 5.32 Å². The third-order valence-corrected chi connectivity index (χ3v) is 8.49. The van der Waals surface area contributed by atoms with E-state index in [0.717, 1.165) is 17.8 Å². The van der Waals surface area contributed by atoms with Gasteiger partial charge in [0.1, 0.15) is 16.8 Å². The molecule has 1 atom stereocenters. The van der Waals surface area contributed by atoms with Crippen molar-refractivity contribution in [1.29, 1.82) is 0 Å². The average molecular weight is 440 g/mol. The lowest BCUT2D eigenvalue weighted by Gasteiger charge is -2.38. The maximum absolute atomic E-state index is 13.4. The number of thiophene rings is 1. The molecule has 1 aromatic carbocycles. The molecule has 1 saturated heterocycles. The minimum absolute atomic E-state index is 0.119. The molecule has 2 aliphatic rings. The minimum atomic E-state index is -3.85. The Balaban J connectivity index is 1.69. The number of carbonyl (C=O) groups is 2. The second-order valence-corrected chi connectivity index (χ2v) is 10.5. The van der Waals surface area contributed by atoms with Gasteiger partial charge in [0.25, 0.3) is 10.0 Å². The Morgan fingerprint density at radius 1 is 1.18 bits per heavy atom. The molecule has 148 valence electrons. The second kappa shape index (κ2) is 7.47. The van der Waals surface area contributed by atoms with Crippen molar-refractivity contribution < 1.29 is 18.0 Å². The fraction of sp³-hybridized carbons (Fsp3) is 0.333. The van der Waals surface area contributed by atoms with Gasteiger partial charge in [-0.05, 0) is 37.1 Å². The molecule has 0 unspecified atom stereocenters. The van der Waals surface area contributed by atoms with Crippen molar-refractivity contribution >= 4 is 56.2 Å². The highest BCUT2D eigenvalue weighted by Gasteiger charge is 2.41. The Labute approximate surface area is 171 Å². The van der Waals surface area contributed by atoms with Crippen LogP contribution < -0.4 is 10.2 Å². The SMILES string of the molecule is O=C1CN(C(=O)[C@H]2CCCCN2S(=O)(=O)c2ccc(Cl)s2)c2ccccc2N1. The summed E-state index contributed by atoms with van der Waals surface area (Å²) in [5.41, 5.74) is 1.12. The molecule has 0 saturated carbocycles. The number of amides is 2. The highest BCUT2D eigenvalue weighted by Crippen LogP contribution is 2.34. The summed E-state index contributed by atoms with van der Waals surface area (Å²) in [5, 5.41) is 2.74. The van der Waals surface area contributed by atoms with E-state index in [-0.39, 0.29) is 29.1 Å². The van der Waals surface area contributed by atoms with E-state index in [1.54, 1.807) is 24.3 Å². The number of carbonyl (C=O) groups excluding carboxylic acids is 2. The number of sulfonamides is 1. The first-order chi connectivity index (χ1) is 13.4. The van der Waals surface area contributed by atoms with E-state index < -0.39 is 16.1 Å². The third-order valence-electron chi connectivity index (χ3n) is 4.89. The highest BCUT2D eigenvalue weighted by molar-refractivity contribution is 7.91. The molecule has 28 heavy (non-hydrogen) atoms. The molecular weight excluding hydrogens is 422 g/mol. The predicted molar refractivity (Wildman–Crippen MR) is 108 cm³/mol. The fourth-order valence-electron chi connectivity index (χ4n) is 3.60. The van der Waals surface area contributed by atoms with Gasteiger partial charge in [-0.1, -0.05) is 30.2 Å². The van der Waals surface area contributed by atoms with Crippen LogP contribution >= 0.6 is 22.9 Å². The van der Waals surface area contributed by atoms with Gasteiger partial charge < -0.3 is 5.32 Å². The lowest BCUT2D eigenvalue weighted by Crippen LogP contribution is -2.55. The van der Waals surface area contributed by atoms with E-state index in [0.29, 0.717) is 28.6 Å². The zero-order chi connectivity index (χ0) is 19.9. The van der Waals surface area contributed by atoms with Crippen molar-refractivity contribution in [2.75, 3.05) is 23.3 Å². The molecule has 2 aromatic rings. The maximum Gasteiger partial charge on any atom is 0.253 e. The Morgan fingerprint density at radius 3 is 2.71 bits per heavy atom. The van der Waals surface area contributed by atoms with Crippen molar-refractivity contribution in [2.24, 2.45) is 0 Å². The van der Waals surface area contributed by atoms with Crippen LogP contribution in [0.4, 0.5) is 11.4 Å². The first-order valence-corrected chi connectivity index (χ1v) is 11.5. The van der Waals surface area contributed by atoms with Gasteiger partial charge in [-0.25, -0.2) is 8.42 Å². The summed E-state index contributed by atoms with van der Waals surface area (Å²) in [6.45, 7) is 0.126. The summed E-state index contributed by atoms with van der Waals surface area (Å²) in [6, 6.07) is 9.15. The van der Waals surface area contributed by atoms with Gasteiger partial charge in [-0.2, -0.15) is 4.31 Å². The standard InChI is InChI=1S/C18H18ClN3O4S2/c19-15-8-9-17(27-15)28(25,26)22-10-4-3-7-14(22)18(24)21-11-16(23)20-12-5-1-2-6-13(12)21/h1-2,5-6,8-9,14H,3-4,7,10-11H2,(H,20,23)/t14-/m1/s1. The summed E-state index contributed by atoms with van der Waals surface area (Å²) in [5.74, 6) is -0.685. The average Bonchev–Trinajstić information content (AvgIpc) is 3.14. The Bertz CT molecular complexity index is 1040. The number of rotatable bonds is 3. The van der Waals surface area contributed by atoms with Gasteiger partial charge >= 0.3 is 0 Å². The molecule has 0 bridgehead atoms. The van der Waals surface area contributed by atoms with Crippen molar-refractivity contribution in [3.63, 3.8) is 0 Å². The number of para-hydroxylation sites is 2. The number of nitrogens with zero attached hydrogens (tertiary/aromatic N) is 2. The summed E-state index contributed by atoms with van der Waals surface area (Å²) >= 11 is 6.89. The first-order valence-electron chi connectivity index (χ1n) is 8.85. The number of benzene rings is 1. The minimum Gasteiger partial charge on any atom is -0.323 e. The number of anilines is 2. The molecule has 2 amide bonds. The van der Waals surface area contributed by atoms with Gasteiger partial charge in [0.05, 0.1) is 15.7 Å². The van der Waals surface area contributed by atoms with Gasteiger partial charge in [0, 0.05) is 6.54 Å². The van der Waals surface area contributed by atoms with Gasteiger partial charge in [0.2, 0.25) is 11.8 Å². The van der Waals surface area contributed by atoms with Crippen molar-refractivity contribution in [3.05, 3.63) is 40.7 Å². The van der Waals surface area contributed by atoms with Crippen LogP contribution in [-0.4, -0.2) is 43.7 Å². The summed E-state index contributed by atoms with van der Waals surface area (Å²) in [4.78, 5) is 26.8. The van der Waals surface area contributed by atoms with Crippen molar-refractivity contribution in [2.45, 2.75) is 29.5 Å². The molecular formula is C18H18ClN3O4S2. The number of nitrogens with one attached hydrogen (secondary N) is 1. The topological polar surface area (TPSA) is 86.8 Å². The fourth-order valence-corrected chi connectivity index (χ4v) is 6.86. The molecule has 0 radical (unpaired) electrons. The molecule has 0 spiro atoms. The monoisotopic (exact) mass is 439 g/mol. The van der Waals surface area contributed by atoms with Gasteiger partial charge in [0.15, 0.2) is 0 Å². The Morgan fingerprint density at radius 2 is 1.96 bits per heavy atom. The normalized spacial score (nSPS) is 20.5. The van der Waals surface area contributed by atoms with E-state index in [1.807, 2.05) is 0 Å². The number of piperidine rings is 1. The summed E-state index contributed by atoms with van der Waals surface area (Å²) in [7, 11) is -3.85. The lowest BCUT2D eigenvalue weighted by atomic mass is 10.0.